The fourth-order valence-electron chi connectivity index (χ4n) is 2.26. The van der Waals surface area contributed by atoms with Gasteiger partial charge in [0, 0.05) is 11.1 Å². The van der Waals surface area contributed by atoms with Crippen molar-refractivity contribution in [2.45, 2.75) is 20.3 Å². The molecule has 0 unspecified atom stereocenters. The fraction of sp³-hybridized carbons (Fsp3) is 0.250. The zero-order valence-corrected chi connectivity index (χ0v) is 12.2. The van der Waals surface area contributed by atoms with E-state index in [-0.39, 0.29) is 0 Å². The van der Waals surface area contributed by atoms with Gasteiger partial charge in [0.1, 0.15) is 17.0 Å². The van der Waals surface area contributed by atoms with Gasteiger partial charge in [-0.2, -0.15) is 0 Å². The van der Waals surface area contributed by atoms with Crippen molar-refractivity contribution in [2.75, 3.05) is 0 Å². The molecular weight excluding hydrogens is 272 g/mol. The standard InChI is InChI=1S/C16H15ClN2O/c1-10(2)7-11-8-15(17)19-16(18-11)13-9-20-14-6-4-3-5-12(13)14/h3-6,8-10H,7H2,1-2H3. The minimum Gasteiger partial charge on any atom is -0.464 e. The molecule has 2 aromatic heterocycles. The molecule has 2 heterocycles. The van der Waals surface area contributed by atoms with Gasteiger partial charge in [-0.05, 0) is 24.5 Å². The van der Waals surface area contributed by atoms with Crippen LogP contribution in [0.25, 0.3) is 22.4 Å². The largest absolute Gasteiger partial charge is 0.464 e. The van der Waals surface area contributed by atoms with Crippen molar-refractivity contribution >= 4 is 22.6 Å². The number of aromatic nitrogens is 2. The van der Waals surface area contributed by atoms with Crippen LogP contribution < -0.4 is 0 Å². The lowest BCUT2D eigenvalue weighted by molar-refractivity contribution is 0.616. The van der Waals surface area contributed by atoms with Crippen LogP contribution >= 0.6 is 11.6 Å². The SMILES string of the molecule is CC(C)Cc1cc(Cl)nc(-c2coc3ccccc23)n1. The summed E-state index contributed by atoms with van der Waals surface area (Å²) < 4.78 is 5.54. The molecule has 0 atom stereocenters. The van der Waals surface area contributed by atoms with Crippen LogP contribution in [0.1, 0.15) is 19.5 Å². The molecule has 0 bridgehead atoms. The number of hydrogen-bond donors (Lipinski definition) is 0. The fourth-order valence-corrected chi connectivity index (χ4v) is 2.46. The second-order valence-electron chi connectivity index (χ2n) is 5.25. The Morgan fingerprint density at radius 3 is 2.80 bits per heavy atom. The molecule has 0 spiro atoms. The molecule has 3 rings (SSSR count). The highest BCUT2D eigenvalue weighted by molar-refractivity contribution is 6.29. The molecular formula is C16H15ClN2O. The van der Waals surface area contributed by atoms with Gasteiger partial charge in [-0.1, -0.05) is 43.6 Å². The van der Waals surface area contributed by atoms with Gasteiger partial charge < -0.3 is 4.42 Å². The van der Waals surface area contributed by atoms with Gasteiger partial charge in [0.05, 0.1) is 5.56 Å². The average molecular weight is 287 g/mol. The van der Waals surface area contributed by atoms with E-state index in [4.69, 9.17) is 16.0 Å². The van der Waals surface area contributed by atoms with E-state index in [9.17, 15) is 0 Å². The van der Waals surface area contributed by atoms with Crippen LogP contribution in [-0.2, 0) is 6.42 Å². The number of fused-ring (bicyclic) bond motifs is 1. The van der Waals surface area contributed by atoms with Crippen LogP contribution in [0.2, 0.25) is 5.15 Å². The minimum atomic E-state index is 0.468. The van der Waals surface area contributed by atoms with Gasteiger partial charge in [0.25, 0.3) is 0 Å². The molecule has 0 radical (unpaired) electrons. The van der Waals surface area contributed by atoms with Gasteiger partial charge in [-0.25, -0.2) is 9.97 Å². The summed E-state index contributed by atoms with van der Waals surface area (Å²) in [5.41, 5.74) is 2.67. The first-order valence-electron chi connectivity index (χ1n) is 6.63. The molecule has 0 aliphatic carbocycles. The highest BCUT2D eigenvalue weighted by Crippen LogP contribution is 2.29. The lowest BCUT2D eigenvalue weighted by Crippen LogP contribution is -2.00. The first kappa shape index (κ1) is 13.1. The average Bonchev–Trinajstić information content (AvgIpc) is 2.80. The van der Waals surface area contributed by atoms with Crippen LogP contribution in [0.15, 0.2) is 41.0 Å². The Balaban J connectivity index is 2.11. The van der Waals surface area contributed by atoms with Gasteiger partial charge >= 0.3 is 0 Å². The van der Waals surface area contributed by atoms with Gasteiger partial charge in [0.15, 0.2) is 5.82 Å². The van der Waals surface area contributed by atoms with Crippen LogP contribution in [-0.4, -0.2) is 9.97 Å². The quantitative estimate of drug-likeness (QED) is 0.653. The van der Waals surface area contributed by atoms with E-state index in [1.807, 2.05) is 30.3 Å². The lowest BCUT2D eigenvalue weighted by atomic mass is 10.1. The lowest BCUT2D eigenvalue weighted by Gasteiger charge is -2.06. The molecule has 0 fully saturated rings. The Morgan fingerprint density at radius 1 is 1.20 bits per heavy atom. The number of halogens is 1. The Bertz CT molecular complexity index is 749. The monoisotopic (exact) mass is 286 g/mol. The zero-order chi connectivity index (χ0) is 14.1. The molecule has 20 heavy (non-hydrogen) atoms. The Hall–Kier alpha value is -1.87. The highest BCUT2D eigenvalue weighted by Gasteiger charge is 2.12. The topological polar surface area (TPSA) is 38.9 Å². The number of rotatable bonds is 3. The van der Waals surface area contributed by atoms with Crippen molar-refractivity contribution < 1.29 is 4.42 Å². The number of nitrogens with zero attached hydrogens (tertiary/aromatic N) is 2. The summed E-state index contributed by atoms with van der Waals surface area (Å²) in [6, 6.07) is 9.67. The molecule has 0 saturated heterocycles. The summed E-state index contributed by atoms with van der Waals surface area (Å²) >= 11 is 6.12. The van der Waals surface area contributed by atoms with E-state index in [1.54, 1.807) is 6.26 Å². The normalized spacial score (nSPS) is 11.4. The molecule has 1 aromatic carbocycles. The van der Waals surface area contributed by atoms with Gasteiger partial charge in [-0.3, -0.25) is 0 Å². The van der Waals surface area contributed by atoms with Crippen molar-refractivity contribution in [3.63, 3.8) is 0 Å². The van der Waals surface area contributed by atoms with Crippen LogP contribution in [0.4, 0.5) is 0 Å². The molecule has 0 N–H and O–H groups in total. The summed E-state index contributed by atoms with van der Waals surface area (Å²) in [6.07, 6.45) is 2.57. The summed E-state index contributed by atoms with van der Waals surface area (Å²) in [5.74, 6) is 1.15. The summed E-state index contributed by atoms with van der Waals surface area (Å²) in [6.45, 7) is 4.31. The van der Waals surface area contributed by atoms with Crippen LogP contribution in [0.3, 0.4) is 0 Å². The first-order chi connectivity index (χ1) is 9.63. The summed E-state index contributed by atoms with van der Waals surface area (Å²) in [7, 11) is 0. The third kappa shape index (κ3) is 2.54. The molecule has 4 heteroatoms. The van der Waals surface area contributed by atoms with E-state index in [0.29, 0.717) is 16.9 Å². The van der Waals surface area contributed by atoms with E-state index in [2.05, 4.69) is 23.8 Å². The molecule has 0 aliphatic heterocycles. The van der Waals surface area contributed by atoms with E-state index < -0.39 is 0 Å². The Labute approximate surface area is 122 Å². The number of benzene rings is 1. The molecule has 0 aliphatic rings. The van der Waals surface area contributed by atoms with E-state index in [1.165, 1.54) is 0 Å². The predicted octanol–water partition coefficient (Wildman–Crippen LogP) is 4.74. The molecule has 0 saturated carbocycles. The van der Waals surface area contributed by atoms with Crippen molar-refractivity contribution in [3.05, 3.63) is 47.4 Å². The third-order valence-corrected chi connectivity index (χ3v) is 3.28. The summed E-state index contributed by atoms with van der Waals surface area (Å²) in [5, 5.41) is 1.47. The van der Waals surface area contributed by atoms with Crippen LogP contribution in [0.5, 0.6) is 0 Å². The van der Waals surface area contributed by atoms with E-state index in [0.717, 1.165) is 28.6 Å². The highest BCUT2D eigenvalue weighted by atomic mass is 35.5. The summed E-state index contributed by atoms with van der Waals surface area (Å²) in [4.78, 5) is 8.94. The number of furan rings is 1. The number of para-hydroxylation sites is 1. The predicted molar refractivity (Wildman–Crippen MR) is 80.8 cm³/mol. The van der Waals surface area contributed by atoms with Crippen molar-refractivity contribution in [1.29, 1.82) is 0 Å². The number of hydrogen-bond acceptors (Lipinski definition) is 3. The molecule has 3 aromatic rings. The van der Waals surface area contributed by atoms with Crippen molar-refractivity contribution in [3.8, 4) is 11.4 Å². The smallest absolute Gasteiger partial charge is 0.164 e. The van der Waals surface area contributed by atoms with Gasteiger partial charge in [0.2, 0.25) is 0 Å². The molecule has 102 valence electrons. The van der Waals surface area contributed by atoms with Crippen molar-refractivity contribution in [2.24, 2.45) is 5.92 Å². The van der Waals surface area contributed by atoms with Crippen LogP contribution in [0, 0.1) is 5.92 Å². The van der Waals surface area contributed by atoms with E-state index >= 15 is 0 Å². The Morgan fingerprint density at radius 2 is 2.00 bits per heavy atom. The first-order valence-corrected chi connectivity index (χ1v) is 7.01. The van der Waals surface area contributed by atoms with Gasteiger partial charge in [-0.15, -0.1) is 0 Å². The maximum atomic E-state index is 6.12. The molecule has 0 amide bonds. The third-order valence-electron chi connectivity index (χ3n) is 3.09. The molecule has 3 nitrogen and oxygen atoms in total. The minimum absolute atomic E-state index is 0.468. The maximum absolute atomic E-state index is 6.12. The second-order valence-corrected chi connectivity index (χ2v) is 5.64. The maximum Gasteiger partial charge on any atom is 0.164 e. The second kappa shape index (κ2) is 5.25. The van der Waals surface area contributed by atoms with Crippen molar-refractivity contribution in [1.82, 2.24) is 9.97 Å². The zero-order valence-electron chi connectivity index (χ0n) is 11.4. The Kier molecular flexibility index (Phi) is 3.45.